The molecule has 0 amide bonds. The van der Waals surface area contributed by atoms with E-state index in [-0.39, 0.29) is 0 Å². The maximum Gasteiger partial charge on any atom is 0.0597 e. The third-order valence-corrected chi connectivity index (χ3v) is 2.88. The van der Waals surface area contributed by atoms with Crippen LogP contribution < -0.4 is 5.32 Å². The molecule has 1 aromatic heterocycles. The first-order valence-corrected chi connectivity index (χ1v) is 5.76. The zero-order valence-corrected chi connectivity index (χ0v) is 9.66. The van der Waals surface area contributed by atoms with Gasteiger partial charge in [0, 0.05) is 39.3 Å². The molecule has 0 aliphatic carbocycles. The molecule has 0 unspecified atom stereocenters. The van der Waals surface area contributed by atoms with E-state index in [1.807, 2.05) is 0 Å². The van der Waals surface area contributed by atoms with Crippen molar-refractivity contribution in [2.75, 3.05) is 26.2 Å². The van der Waals surface area contributed by atoms with Crippen molar-refractivity contribution in [1.82, 2.24) is 20.0 Å². The highest BCUT2D eigenvalue weighted by Crippen LogP contribution is 2.08. The van der Waals surface area contributed by atoms with Crippen molar-refractivity contribution < 1.29 is 0 Å². The number of aryl methyl sites for hydroxylation is 2. The van der Waals surface area contributed by atoms with Gasteiger partial charge in [-0.2, -0.15) is 5.10 Å². The topological polar surface area (TPSA) is 33.1 Å². The van der Waals surface area contributed by atoms with Crippen LogP contribution in [0.15, 0.2) is 6.07 Å². The van der Waals surface area contributed by atoms with Crippen molar-refractivity contribution in [3.8, 4) is 0 Å². The largest absolute Gasteiger partial charge is 0.314 e. The summed E-state index contributed by atoms with van der Waals surface area (Å²) in [4.78, 5) is 2.49. The van der Waals surface area contributed by atoms with Crippen LogP contribution in [0.5, 0.6) is 0 Å². The molecule has 84 valence electrons. The van der Waals surface area contributed by atoms with Crippen LogP contribution in [0.1, 0.15) is 18.3 Å². The van der Waals surface area contributed by atoms with E-state index < -0.39 is 0 Å². The van der Waals surface area contributed by atoms with Gasteiger partial charge in [0.05, 0.1) is 11.4 Å². The second-order valence-electron chi connectivity index (χ2n) is 4.12. The molecule has 1 fully saturated rings. The summed E-state index contributed by atoms with van der Waals surface area (Å²) < 4.78 is 2.11. The summed E-state index contributed by atoms with van der Waals surface area (Å²) in [6.45, 7) is 10.7. The molecular weight excluding hydrogens is 188 g/mol. The summed E-state index contributed by atoms with van der Waals surface area (Å²) in [6, 6.07) is 2.20. The summed E-state index contributed by atoms with van der Waals surface area (Å²) in [6.07, 6.45) is 0. The first-order valence-electron chi connectivity index (χ1n) is 5.76. The van der Waals surface area contributed by atoms with Crippen LogP contribution in [0.3, 0.4) is 0 Å². The second kappa shape index (κ2) is 4.77. The molecule has 1 aromatic rings. The number of hydrogen-bond acceptors (Lipinski definition) is 3. The van der Waals surface area contributed by atoms with E-state index in [0.717, 1.165) is 45.0 Å². The summed E-state index contributed by atoms with van der Waals surface area (Å²) in [5.74, 6) is 0. The van der Waals surface area contributed by atoms with Crippen molar-refractivity contribution in [2.24, 2.45) is 0 Å². The molecule has 0 saturated carbocycles. The predicted octanol–water partition coefficient (Wildman–Crippen LogP) is 0.617. The van der Waals surface area contributed by atoms with E-state index >= 15 is 0 Å². The zero-order valence-electron chi connectivity index (χ0n) is 9.66. The lowest BCUT2D eigenvalue weighted by Crippen LogP contribution is -2.43. The lowest BCUT2D eigenvalue weighted by Gasteiger charge is -2.27. The fraction of sp³-hybridized carbons (Fsp3) is 0.727. The number of hydrogen-bond donors (Lipinski definition) is 1. The summed E-state index contributed by atoms with van der Waals surface area (Å²) in [5, 5.41) is 7.84. The molecule has 2 rings (SSSR count). The van der Waals surface area contributed by atoms with E-state index in [4.69, 9.17) is 0 Å². The van der Waals surface area contributed by atoms with Gasteiger partial charge in [0.2, 0.25) is 0 Å². The molecule has 1 saturated heterocycles. The Labute approximate surface area is 91.3 Å². The minimum Gasteiger partial charge on any atom is -0.314 e. The summed E-state index contributed by atoms with van der Waals surface area (Å²) in [7, 11) is 0. The highest BCUT2D eigenvalue weighted by molar-refractivity contribution is 5.09. The number of aromatic nitrogens is 2. The lowest BCUT2D eigenvalue weighted by atomic mass is 10.3. The predicted molar refractivity (Wildman–Crippen MR) is 60.8 cm³/mol. The SMILES string of the molecule is CCn1nc(C)cc1CN1CCNCC1. The molecule has 4 nitrogen and oxygen atoms in total. The third kappa shape index (κ3) is 2.58. The molecule has 2 heterocycles. The van der Waals surface area contributed by atoms with Gasteiger partial charge < -0.3 is 5.32 Å². The summed E-state index contributed by atoms with van der Waals surface area (Å²) in [5.41, 5.74) is 2.47. The van der Waals surface area contributed by atoms with Crippen LogP contribution >= 0.6 is 0 Å². The Morgan fingerprint density at radius 2 is 2.13 bits per heavy atom. The Morgan fingerprint density at radius 3 is 2.80 bits per heavy atom. The van der Waals surface area contributed by atoms with Crippen LogP contribution in [0, 0.1) is 6.92 Å². The lowest BCUT2D eigenvalue weighted by molar-refractivity contribution is 0.227. The average molecular weight is 208 g/mol. The van der Waals surface area contributed by atoms with E-state index in [1.54, 1.807) is 0 Å². The van der Waals surface area contributed by atoms with Gasteiger partial charge in [0.15, 0.2) is 0 Å². The number of rotatable bonds is 3. The molecule has 1 aliphatic heterocycles. The molecular formula is C11H20N4. The smallest absolute Gasteiger partial charge is 0.0597 e. The molecule has 0 atom stereocenters. The van der Waals surface area contributed by atoms with Crippen molar-refractivity contribution in [2.45, 2.75) is 26.9 Å². The van der Waals surface area contributed by atoms with E-state index in [9.17, 15) is 0 Å². The Kier molecular flexibility index (Phi) is 3.38. The highest BCUT2D eigenvalue weighted by atomic mass is 15.3. The second-order valence-corrected chi connectivity index (χ2v) is 4.12. The minimum atomic E-state index is 0.968. The van der Waals surface area contributed by atoms with Gasteiger partial charge >= 0.3 is 0 Å². The quantitative estimate of drug-likeness (QED) is 0.790. The monoisotopic (exact) mass is 208 g/mol. The van der Waals surface area contributed by atoms with Gasteiger partial charge in [0.1, 0.15) is 0 Å². The van der Waals surface area contributed by atoms with Gasteiger partial charge in [-0.3, -0.25) is 9.58 Å². The van der Waals surface area contributed by atoms with Crippen LogP contribution in [-0.2, 0) is 13.1 Å². The number of piperazine rings is 1. The van der Waals surface area contributed by atoms with Gasteiger partial charge in [-0.25, -0.2) is 0 Å². The maximum absolute atomic E-state index is 4.47. The van der Waals surface area contributed by atoms with Gasteiger partial charge in [-0.15, -0.1) is 0 Å². The molecule has 0 radical (unpaired) electrons. The Morgan fingerprint density at radius 1 is 1.40 bits per heavy atom. The molecule has 0 spiro atoms. The van der Waals surface area contributed by atoms with Crippen LogP contribution in [0.4, 0.5) is 0 Å². The molecule has 0 aromatic carbocycles. The zero-order chi connectivity index (χ0) is 10.7. The Balaban J connectivity index is 2.02. The Bertz CT molecular complexity index is 312. The van der Waals surface area contributed by atoms with E-state index in [1.165, 1.54) is 5.69 Å². The van der Waals surface area contributed by atoms with Gasteiger partial charge in [0.25, 0.3) is 0 Å². The molecule has 1 aliphatic rings. The molecule has 4 heteroatoms. The van der Waals surface area contributed by atoms with Gasteiger partial charge in [-0.1, -0.05) is 0 Å². The Hall–Kier alpha value is -0.870. The van der Waals surface area contributed by atoms with E-state index in [0.29, 0.717) is 0 Å². The van der Waals surface area contributed by atoms with Crippen LogP contribution in [-0.4, -0.2) is 40.9 Å². The number of nitrogens with zero attached hydrogens (tertiary/aromatic N) is 3. The summed E-state index contributed by atoms with van der Waals surface area (Å²) >= 11 is 0. The first kappa shape index (κ1) is 10.6. The molecule has 1 N–H and O–H groups in total. The molecule has 0 bridgehead atoms. The van der Waals surface area contributed by atoms with Crippen molar-refractivity contribution in [3.63, 3.8) is 0 Å². The average Bonchev–Trinajstić information content (AvgIpc) is 2.60. The minimum absolute atomic E-state index is 0.968. The first-order chi connectivity index (χ1) is 7.29. The normalized spacial score (nSPS) is 18.3. The molecule has 15 heavy (non-hydrogen) atoms. The van der Waals surface area contributed by atoms with Crippen LogP contribution in [0.25, 0.3) is 0 Å². The maximum atomic E-state index is 4.47. The van der Waals surface area contributed by atoms with Crippen molar-refractivity contribution in [1.29, 1.82) is 0 Å². The standard InChI is InChI=1S/C11H20N4/c1-3-15-11(8-10(2)13-15)9-14-6-4-12-5-7-14/h8,12H,3-7,9H2,1-2H3. The highest BCUT2D eigenvalue weighted by Gasteiger charge is 2.12. The van der Waals surface area contributed by atoms with Crippen LogP contribution in [0.2, 0.25) is 0 Å². The fourth-order valence-electron chi connectivity index (χ4n) is 2.10. The van der Waals surface area contributed by atoms with E-state index in [2.05, 4.69) is 39.9 Å². The third-order valence-electron chi connectivity index (χ3n) is 2.88. The number of nitrogens with one attached hydrogen (secondary N) is 1. The van der Waals surface area contributed by atoms with Gasteiger partial charge in [-0.05, 0) is 19.9 Å². The van der Waals surface area contributed by atoms with Crippen molar-refractivity contribution in [3.05, 3.63) is 17.5 Å². The van der Waals surface area contributed by atoms with Crippen molar-refractivity contribution >= 4 is 0 Å². The fourth-order valence-corrected chi connectivity index (χ4v) is 2.10.